The van der Waals surface area contributed by atoms with Gasteiger partial charge in [0, 0.05) is 29.1 Å². The molecule has 20 heavy (non-hydrogen) atoms. The summed E-state index contributed by atoms with van der Waals surface area (Å²) in [5.41, 5.74) is 8.98. The van der Waals surface area contributed by atoms with Crippen LogP contribution in [0.25, 0.3) is 0 Å². The summed E-state index contributed by atoms with van der Waals surface area (Å²) in [6.07, 6.45) is 0.454. The molecule has 0 radical (unpaired) electrons. The maximum atomic E-state index is 13.3. The number of fused-ring (bicyclic) bond motifs is 1. The first kappa shape index (κ1) is 13.4. The summed E-state index contributed by atoms with van der Waals surface area (Å²) < 4.78 is 19.2. The van der Waals surface area contributed by atoms with Crippen molar-refractivity contribution >= 4 is 11.6 Å². The van der Waals surface area contributed by atoms with Crippen LogP contribution in [0.15, 0.2) is 36.4 Å². The molecule has 2 N–H and O–H groups in total. The lowest BCUT2D eigenvalue weighted by Gasteiger charge is -2.30. The Hall–Kier alpha value is -1.58. The first-order chi connectivity index (χ1) is 9.54. The largest absolute Gasteiger partial charge is 0.485 e. The van der Waals surface area contributed by atoms with Crippen molar-refractivity contribution in [1.29, 1.82) is 0 Å². The van der Waals surface area contributed by atoms with E-state index in [0.29, 0.717) is 17.2 Å². The molecule has 2 unspecified atom stereocenters. The molecule has 0 bridgehead atoms. The summed E-state index contributed by atoms with van der Waals surface area (Å²) >= 11 is 6.15. The van der Waals surface area contributed by atoms with Crippen molar-refractivity contribution in [3.05, 3.63) is 63.9 Å². The quantitative estimate of drug-likeness (QED) is 0.849. The van der Waals surface area contributed by atoms with Crippen LogP contribution in [-0.4, -0.2) is 0 Å². The van der Waals surface area contributed by atoms with Gasteiger partial charge in [0.05, 0.1) is 0 Å². The van der Waals surface area contributed by atoms with Gasteiger partial charge in [0.1, 0.15) is 17.7 Å². The van der Waals surface area contributed by atoms with Gasteiger partial charge >= 0.3 is 0 Å². The third-order valence-corrected chi connectivity index (χ3v) is 4.09. The predicted octanol–water partition coefficient (Wildman–Crippen LogP) is 4.31. The monoisotopic (exact) mass is 291 g/mol. The number of hydrogen-bond acceptors (Lipinski definition) is 2. The van der Waals surface area contributed by atoms with Gasteiger partial charge in [0.2, 0.25) is 0 Å². The zero-order chi connectivity index (χ0) is 14.3. The Bertz CT molecular complexity index is 659. The minimum Gasteiger partial charge on any atom is -0.485 e. The Morgan fingerprint density at radius 1 is 1.25 bits per heavy atom. The smallest absolute Gasteiger partial charge is 0.127 e. The molecule has 4 heteroatoms. The predicted molar refractivity (Wildman–Crippen MR) is 77.5 cm³/mol. The first-order valence-electron chi connectivity index (χ1n) is 6.52. The van der Waals surface area contributed by atoms with Crippen LogP contribution in [0.1, 0.15) is 35.3 Å². The average Bonchev–Trinajstić information content (AvgIpc) is 2.41. The van der Waals surface area contributed by atoms with Gasteiger partial charge in [-0.1, -0.05) is 29.8 Å². The Morgan fingerprint density at radius 3 is 2.80 bits per heavy atom. The molecule has 0 saturated heterocycles. The van der Waals surface area contributed by atoms with Crippen molar-refractivity contribution in [1.82, 2.24) is 0 Å². The van der Waals surface area contributed by atoms with E-state index in [9.17, 15) is 4.39 Å². The van der Waals surface area contributed by atoms with E-state index in [1.807, 2.05) is 25.1 Å². The molecule has 2 nitrogen and oxygen atoms in total. The van der Waals surface area contributed by atoms with Crippen molar-refractivity contribution < 1.29 is 9.13 Å². The highest BCUT2D eigenvalue weighted by molar-refractivity contribution is 6.31. The van der Waals surface area contributed by atoms with Crippen LogP contribution in [-0.2, 0) is 0 Å². The van der Waals surface area contributed by atoms with Gasteiger partial charge in [-0.2, -0.15) is 0 Å². The molecule has 0 aromatic heterocycles. The zero-order valence-electron chi connectivity index (χ0n) is 11.1. The molecule has 0 fully saturated rings. The van der Waals surface area contributed by atoms with Crippen LogP contribution in [0.2, 0.25) is 5.02 Å². The van der Waals surface area contributed by atoms with Crippen LogP contribution in [0.5, 0.6) is 5.75 Å². The van der Waals surface area contributed by atoms with E-state index in [4.69, 9.17) is 22.1 Å². The second kappa shape index (κ2) is 5.08. The van der Waals surface area contributed by atoms with E-state index in [1.54, 1.807) is 6.07 Å². The van der Waals surface area contributed by atoms with Crippen molar-refractivity contribution in [2.75, 3.05) is 0 Å². The minimum atomic E-state index is -0.321. The maximum absolute atomic E-state index is 13.3. The lowest BCUT2D eigenvalue weighted by atomic mass is 9.93. The summed E-state index contributed by atoms with van der Waals surface area (Å²) in [6.45, 7) is 1.95. The molecule has 1 aliphatic heterocycles. The maximum Gasteiger partial charge on any atom is 0.127 e. The normalized spacial score (nSPS) is 21.2. The minimum absolute atomic E-state index is 0.163. The Labute approximate surface area is 122 Å². The first-order valence-corrected chi connectivity index (χ1v) is 6.90. The molecular formula is C16H15ClFNO. The molecule has 0 saturated carbocycles. The highest BCUT2D eigenvalue weighted by Gasteiger charge is 2.27. The molecule has 2 aromatic carbocycles. The summed E-state index contributed by atoms with van der Waals surface area (Å²) in [7, 11) is 0. The lowest BCUT2D eigenvalue weighted by Crippen LogP contribution is -2.24. The SMILES string of the molecule is Cc1ccc(C2CC(N)c3ccc(F)cc3O2)cc1Cl. The standard InChI is InChI=1S/C16H15ClFNO/c1-9-2-3-10(6-13(9)17)15-8-14(19)12-5-4-11(18)7-16(12)20-15/h2-7,14-15H,8,19H2,1H3. The molecule has 2 atom stereocenters. The number of nitrogens with two attached hydrogens (primary N) is 1. The number of aryl methyl sites for hydroxylation is 1. The Balaban J connectivity index is 1.96. The summed E-state index contributed by atoms with van der Waals surface area (Å²) in [5.74, 6) is 0.198. The van der Waals surface area contributed by atoms with Crippen LogP contribution in [0, 0.1) is 12.7 Å². The third-order valence-electron chi connectivity index (χ3n) is 3.68. The number of halogens is 2. The highest BCUT2D eigenvalue weighted by Crippen LogP contribution is 2.40. The van der Waals surface area contributed by atoms with E-state index in [2.05, 4.69) is 0 Å². The second-order valence-electron chi connectivity index (χ2n) is 5.14. The molecule has 104 valence electrons. The van der Waals surface area contributed by atoms with Gasteiger partial charge in [-0.3, -0.25) is 0 Å². The van der Waals surface area contributed by atoms with Crippen LogP contribution >= 0.6 is 11.6 Å². The van der Waals surface area contributed by atoms with Crippen LogP contribution < -0.4 is 10.5 Å². The summed E-state index contributed by atoms with van der Waals surface area (Å²) in [5, 5.41) is 0.699. The number of benzene rings is 2. The Morgan fingerprint density at radius 2 is 2.05 bits per heavy atom. The third kappa shape index (κ3) is 2.39. The van der Waals surface area contributed by atoms with Crippen molar-refractivity contribution in [3.63, 3.8) is 0 Å². The second-order valence-corrected chi connectivity index (χ2v) is 5.55. The summed E-state index contributed by atoms with van der Waals surface area (Å²) in [6, 6.07) is 10.1. The van der Waals surface area contributed by atoms with Gasteiger partial charge in [-0.25, -0.2) is 4.39 Å². The molecular weight excluding hydrogens is 277 g/mol. The van der Waals surface area contributed by atoms with Gasteiger partial charge in [0.25, 0.3) is 0 Å². The molecule has 1 heterocycles. The van der Waals surface area contributed by atoms with E-state index < -0.39 is 0 Å². The number of hydrogen-bond donors (Lipinski definition) is 1. The zero-order valence-corrected chi connectivity index (χ0v) is 11.8. The average molecular weight is 292 g/mol. The number of ether oxygens (including phenoxy) is 1. The van der Waals surface area contributed by atoms with Crippen molar-refractivity contribution in [2.24, 2.45) is 5.73 Å². The van der Waals surface area contributed by atoms with E-state index in [1.165, 1.54) is 12.1 Å². The fourth-order valence-electron chi connectivity index (χ4n) is 2.49. The van der Waals surface area contributed by atoms with Gasteiger partial charge < -0.3 is 10.5 Å². The Kier molecular flexibility index (Phi) is 3.40. The molecule has 0 spiro atoms. The summed E-state index contributed by atoms with van der Waals surface area (Å²) in [4.78, 5) is 0. The molecule has 3 rings (SSSR count). The van der Waals surface area contributed by atoms with Crippen LogP contribution in [0.3, 0.4) is 0 Å². The van der Waals surface area contributed by atoms with Crippen LogP contribution in [0.4, 0.5) is 4.39 Å². The van der Waals surface area contributed by atoms with Crippen molar-refractivity contribution in [2.45, 2.75) is 25.5 Å². The highest BCUT2D eigenvalue weighted by atomic mass is 35.5. The van der Waals surface area contributed by atoms with Gasteiger partial charge in [0.15, 0.2) is 0 Å². The fourth-order valence-corrected chi connectivity index (χ4v) is 2.68. The van der Waals surface area contributed by atoms with E-state index in [-0.39, 0.29) is 18.0 Å². The topological polar surface area (TPSA) is 35.2 Å². The van der Waals surface area contributed by atoms with Crippen molar-refractivity contribution in [3.8, 4) is 5.75 Å². The van der Waals surface area contributed by atoms with Gasteiger partial charge in [-0.15, -0.1) is 0 Å². The van der Waals surface area contributed by atoms with E-state index in [0.717, 1.165) is 16.7 Å². The van der Waals surface area contributed by atoms with Gasteiger partial charge in [-0.05, 0) is 30.2 Å². The molecule has 0 amide bonds. The fraction of sp³-hybridized carbons (Fsp3) is 0.250. The van der Waals surface area contributed by atoms with E-state index >= 15 is 0 Å². The number of rotatable bonds is 1. The lowest BCUT2D eigenvalue weighted by molar-refractivity contribution is 0.161. The molecule has 0 aliphatic carbocycles. The molecule has 1 aliphatic rings. The molecule has 2 aromatic rings.